The van der Waals surface area contributed by atoms with Crippen LogP contribution in [0.25, 0.3) is 27.7 Å². The molecular weight excluding hydrogens is 490 g/mol. The van der Waals surface area contributed by atoms with E-state index < -0.39 is 11.9 Å². The Morgan fingerprint density at radius 1 is 1.05 bits per heavy atom. The summed E-state index contributed by atoms with van der Waals surface area (Å²) in [5.41, 5.74) is 7.78. The molecule has 0 aliphatic carbocycles. The van der Waals surface area contributed by atoms with Crippen molar-refractivity contribution in [2.75, 3.05) is 5.73 Å². The number of halogens is 1. The van der Waals surface area contributed by atoms with Crippen molar-refractivity contribution in [3.63, 3.8) is 0 Å². The summed E-state index contributed by atoms with van der Waals surface area (Å²) in [5.74, 6) is -0.539. The standard InChI is InChI=1S/C28H22ClN5O3/c1-16(32-27(36)25-26(30)31-15-22(33-25)17-7-5-11-20(35)13-17)23-14-18-8-6-12-21(29)24(18)28(37)34(23)19-9-3-2-4-10-19/h2-16,35H,1H3,(H2,30,31)(H,32,36)/t16-/m0/s1. The second kappa shape index (κ2) is 9.75. The molecule has 5 rings (SSSR count). The van der Waals surface area contributed by atoms with Crippen LogP contribution in [-0.4, -0.2) is 25.5 Å². The molecule has 5 aromatic rings. The minimum absolute atomic E-state index is 0.0423. The minimum Gasteiger partial charge on any atom is -0.508 e. The van der Waals surface area contributed by atoms with Crippen LogP contribution in [-0.2, 0) is 0 Å². The van der Waals surface area contributed by atoms with Crippen molar-refractivity contribution in [2.45, 2.75) is 13.0 Å². The van der Waals surface area contributed by atoms with Gasteiger partial charge in [-0.1, -0.05) is 54.1 Å². The maximum absolute atomic E-state index is 13.6. The lowest BCUT2D eigenvalue weighted by molar-refractivity contribution is 0.0934. The second-order valence-electron chi connectivity index (χ2n) is 8.48. The minimum atomic E-state index is -0.616. The number of carbonyl (C=O) groups excluding carboxylic acids is 1. The van der Waals surface area contributed by atoms with E-state index in [0.717, 1.165) is 0 Å². The third-order valence-corrected chi connectivity index (χ3v) is 6.30. The fraction of sp³-hybridized carbons (Fsp3) is 0.0714. The largest absolute Gasteiger partial charge is 0.508 e. The summed E-state index contributed by atoms with van der Waals surface area (Å²) >= 11 is 6.38. The summed E-state index contributed by atoms with van der Waals surface area (Å²) in [6, 6.07) is 22.1. The Morgan fingerprint density at radius 3 is 2.57 bits per heavy atom. The zero-order chi connectivity index (χ0) is 26.1. The first-order valence-electron chi connectivity index (χ1n) is 11.5. The molecule has 8 nitrogen and oxygen atoms in total. The molecule has 0 aliphatic heterocycles. The summed E-state index contributed by atoms with van der Waals surface area (Å²) in [4.78, 5) is 35.4. The Kier molecular flexibility index (Phi) is 6.33. The van der Waals surface area contributed by atoms with Crippen LogP contribution >= 0.6 is 11.6 Å². The molecule has 0 spiro atoms. The predicted octanol–water partition coefficient (Wildman–Crippen LogP) is 4.88. The van der Waals surface area contributed by atoms with E-state index in [-0.39, 0.29) is 22.8 Å². The molecule has 0 fully saturated rings. The summed E-state index contributed by atoms with van der Waals surface area (Å²) in [5, 5.41) is 14.1. The Morgan fingerprint density at radius 2 is 1.81 bits per heavy atom. The molecule has 184 valence electrons. The molecule has 37 heavy (non-hydrogen) atoms. The highest BCUT2D eigenvalue weighted by Gasteiger charge is 2.22. The molecule has 2 heterocycles. The number of amides is 1. The summed E-state index contributed by atoms with van der Waals surface area (Å²) in [7, 11) is 0. The highest BCUT2D eigenvalue weighted by molar-refractivity contribution is 6.35. The molecular formula is C28H22ClN5O3. The molecule has 1 atom stereocenters. The van der Waals surface area contributed by atoms with Crippen molar-refractivity contribution in [3.05, 3.63) is 112 Å². The maximum Gasteiger partial charge on any atom is 0.274 e. The number of benzene rings is 3. The molecule has 2 aromatic heterocycles. The van der Waals surface area contributed by atoms with Gasteiger partial charge in [0.2, 0.25) is 0 Å². The van der Waals surface area contributed by atoms with Gasteiger partial charge in [-0.15, -0.1) is 0 Å². The fourth-order valence-corrected chi connectivity index (χ4v) is 4.47. The van der Waals surface area contributed by atoms with E-state index >= 15 is 0 Å². The summed E-state index contributed by atoms with van der Waals surface area (Å²) < 4.78 is 1.54. The van der Waals surface area contributed by atoms with E-state index in [2.05, 4.69) is 15.3 Å². The van der Waals surface area contributed by atoms with Crippen LogP contribution in [0, 0.1) is 0 Å². The molecule has 0 radical (unpaired) electrons. The molecule has 0 aliphatic rings. The molecule has 9 heteroatoms. The monoisotopic (exact) mass is 511 g/mol. The number of hydrogen-bond donors (Lipinski definition) is 3. The number of hydrogen-bond acceptors (Lipinski definition) is 6. The highest BCUT2D eigenvalue weighted by atomic mass is 35.5. The van der Waals surface area contributed by atoms with Crippen LogP contribution < -0.4 is 16.6 Å². The van der Waals surface area contributed by atoms with Gasteiger partial charge in [-0.05, 0) is 48.7 Å². The zero-order valence-corrected chi connectivity index (χ0v) is 20.5. The Balaban J connectivity index is 1.56. The van der Waals surface area contributed by atoms with Crippen molar-refractivity contribution in [2.24, 2.45) is 0 Å². The van der Waals surface area contributed by atoms with E-state index in [1.807, 2.05) is 36.4 Å². The average molecular weight is 512 g/mol. The average Bonchev–Trinajstić information content (AvgIpc) is 2.89. The molecule has 3 aromatic carbocycles. The van der Waals surface area contributed by atoms with Gasteiger partial charge in [0.15, 0.2) is 11.5 Å². The van der Waals surface area contributed by atoms with Crippen molar-refractivity contribution in [3.8, 4) is 22.7 Å². The van der Waals surface area contributed by atoms with Gasteiger partial charge in [0.05, 0.1) is 28.3 Å². The van der Waals surface area contributed by atoms with E-state index in [0.29, 0.717) is 38.4 Å². The molecule has 1 amide bonds. The molecule has 0 bridgehead atoms. The number of para-hydroxylation sites is 1. The number of fused-ring (bicyclic) bond motifs is 1. The number of carbonyl (C=O) groups is 1. The van der Waals surface area contributed by atoms with Gasteiger partial charge < -0.3 is 16.2 Å². The van der Waals surface area contributed by atoms with Gasteiger partial charge in [-0.25, -0.2) is 9.97 Å². The van der Waals surface area contributed by atoms with E-state index in [1.54, 1.807) is 37.3 Å². The third kappa shape index (κ3) is 4.62. The van der Waals surface area contributed by atoms with E-state index in [9.17, 15) is 14.7 Å². The number of aromatic hydroxyl groups is 1. The van der Waals surface area contributed by atoms with Crippen LogP contribution in [0.5, 0.6) is 5.75 Å². The first-order chi connectivity index (χ1) is 17.8. The summed E-state index contributed by atoms with van der Waals surface area (Å²) in [6.45, 7) is 1.77. The highest BCUT2D eigenvalue weighted by Crippen LogP contribution is 2.26. The molecule has 0 saturated carbocycles. The van der Waals surface area contributed by atoms with Gasteiger partial charge in [0.25, 0.3) is 11.5 Å². The number of nitrogens with one attached hydrogen (secondary N) is 1. The maximum atomic E-state index is 13.6. The quantitative estimate of drug-likeness (QED) is 0.309. The van der Waals surface area contributed by atoms with Crippen LogP contribution in [0.1, 0.15) is 29.1 Å². The number of rotatable bonds is 5. The number of nitrogen functional groups attached to an aromatic ring is 1. The smallest absolute Gasteiger partial charge is 0.274 e. The van der Waals surface area contributed by atoms with Crippen LogP contribution in [0.4, 0.5) is 5.82 Å². The lowest BCUT2D eigenvalue weighted by Crippen LogP contribution is -2.33. The number of pyridine rings is 1. The number of phenolic OH excluding ortho intramolecular Hbond substituents is 1. The Bertz CT molecular complexity index is 1700. The normalized spacial score (nSPS) is 11.8. The lowest BCUT2D eigenvalue weighted by Gasteiger charge is -2.21. The molecule has 4 N–H and O–H groups in total. The second-order valence-corrected chi connectivity index (χ2v) is 8.89. The lowest BCUT2D eigenvalue weighted by atomic mass is 10.1. The number of nitrogens with zero attached hydrogens (tertiary/aromatic N) is 3. The van der Waals surface area contributed by atoms with Gasteiger partial charge in [-0.2, -0.15) is 0 Å². The Hall–Kier alpha value is -4.69. The fourth-order valence-electron chi connectivity index (χ4n) is 4.21. The molecule has 0 unspecified atom stereocenters. The van der Waals surface area contributed by atoms with E-state index in [4.69, 9.17) is 17.3 Å². The summed E-state index contributed by atoms with van der Waals surface area (Å²) in [6.07, 6.45) is 1.43. The first kappa shape index (κ1) is 24.0. The van der Waals surface area contributed by atoms with Crippen molar-refractivity contribution >= 4 is 34.1 Å². The van der Waals surface area contributed by atoms with Crippen LogP contribution in [0.15, 0.2) is 89.9 Å². The third-order valence-electron chi connectivity index (χ3n) is 5.99. The number of nitrogens with two attached hydrogens (primary N) is 1. The zero-order valence-electron chi connectivity index (χ0n) is 19.7. The van der Waals surface area contributed by atoms with Crippen LogP contribution in [0.2, 0.25) is 5.02 Å². The van der Waals surface area contributed by atoms with Crippen LogP contribution in [0.3, 0.4) is 0 Å². The van der Waals surface area contributed by atoms with Gasteiger partial charge in [-0.3, -0.25) is 14.2 Å². The van der Waals surface area contributed by atoms with Gasteiger partial charge >= 0.3 is 0 Å². The predicted molar refractivity (Wildman–Crippen MR) is 144 cm³/mol. The first-order valence-corrected chi connectivity index (χ1v) is 11.8. The van der Waals surface area contributed by atoms with Crippen molar-refractivity contribution < 1.29 is 9.90 Å². The Labute approximate surface area is 217 Å². The van der Waals surface area contributed by atoms with E-state index in [1.165, 1.54) is 22.9 Å². The number of aromatic nitrogens is 3. The number of phenols is 1. The van der Waals surface area contributed by atoms with Crippen molar-refractivity contribution in [1.82, 2.24) is 19.9 Å². The van der Waals surface area contributed by atoms with Gasteiger partial charge in [0.1, 0.15) is 5.75 Å². The van der Waals surface area contributed by atoms with Gasteiger partial charge in [0, 0.05) is 16.9 Å². The number of anilines is 1. The SMILES string of the molecule is C[C@H](NC(=O)c1nc(-c2cccc(O)c2)cnc1N)c1cc2cccc(Cl)c2c(=O)n1-c1ccccc1. The topological polar surface area (TPSA) is 123 Å². The van der Waals surface area contributed by atoms with Crippen molar-refractivity contribution in [1.29, 1.82) is 0 Å². The molecule has 0 saturated heterocycles.